The molecule has 0 aromatic heterocycles. The molecule has 0 N–H and O–H groups in total. The van der Waals surface area contributed by atoms with Gasteiger partial charge in [-0.1, -0.05) is 36.4 Å². The Kier molecular flexibility index (Phi) is 6.43. The Morgan fingerprint density at radius 1 is 1.03 bits per heavy atom. The summed E-state index contributed by atoms with van der Waals surface area (Å²) in [5.41, 5.74) is 3.81. The van der Waals surface area contributed by atoms with Crippen LogP contribution in [0.3, 0.4) is 0 Å². The molecule has 1 aliphatic carbocycles. The van der Waals surface area contributed by atoms with Crippen molar-refractivity contribution in [3.63, 3.8) is 0 Å². The van der Waals surface area contributed by atoms with Crippen LogP contribution >= 0.6 is 0 Å². The Labute approximate surface area is 207 Å². The second-order valence-electron chi connectivity index (χ2n) is 8.88. The quantitative estimate of drug-likeness (QED) is 0.401. The molecule has 0 spiro atoms. The second-order valence-corrected chi connectivity index (χ2v) is 8.88. The number of hydrazone groups is 1. The molecule has 2 aliphatic rings. The van der Waals surface area contributed by atoms with E-state index in [-0.39, 0.29) is 24.1 Å². The van der Waals surface area contributed by atoms with E-state index in [2.05, 4.69) is 12.1 Å². The van der Waals surface area contributed by atoms with Crippen molar-refractivity contribution >= 4 is 11.7 Å². The summed E-state index contributed by atoms with van der Waals surface area (Å²) in [6, 6.07) is 20.2. The summed E-state index contributed by atoms with van der Waals surface area (Å²) in [7, 11) is 1.63. The Morgan fingerprint density at radius 2 is 1.75 bits per heavy atom. The van der Waals surface area contributed by atoms with Gasteiger partial charge in [0.2, 0.25) is 0 Å². The van der Waals surface area contributed by atoms with Crippen LogP contribution in [0.5, 0.6) is 5.75 Å². The summed E-state index contributed by atoms with van der Waals surface area (Å²) >= 11 is 0. The number of rotatable bonds is 6. The number of alkyl halides is 3. The van der Waals surface area contributed by atoms with Gasteiger partial charge in [-0.3, -0.25) is 5.01 Å². The lowest BCUT2D eigenvalue weighted by molar-refractivity contribution is -0.137. The number of halogens is 3. The zero-order valence-electron chi connectivity index (χ0n) is 19.7. The van der Waals surface area contributed by atoms with Crippen LogP contribution in [0.25, 0.3) is 0 Å². The predicted octanol–water partition coefficient (Wildman–Crippen LogP) is 5.89. The molecule has 1 heterocycles. The van der Waals surface area contributed by atoms with E-state index < -0.39 is 17.7 Å². The molecule has 0 radical (unpaired) electrons. The standard InChI is InChI=1S/C28H25F3N2O3/c1-35-22-13-8-19(9-14-22)26-24-15-10-18-4-2-3-5-23(18)25(24)32-33(26)16-17-36-27(34)20-6-11-21(12-7-20)28(29,30)31/h2-9,11-14,24,26H,10,15-17H2,1H3/t24-,26+/m1/s1. The van der Waals surface area contributed by atoms with E-state index in [4.69, 9.17) is 14.6 Å². The van der Waals surface area contributed by atoms with Crippen molar-refractivity contribution in [2.45, 2.75) is 25.1 Å². The molecule has 0 bridgehead atoms. The fourth-order valence-electron chi connectivity index (χ4n) is 4.98. The van der Waals surface area contributed by atoms with Gasteiger partial charge in [-0.05, 0) is 60.4 Å². The van der Waals surface area contributed by atoms with Crippen molar-refractivity contribution in [3.05, 3.63) is 101 Å². The second kappa shape index (κ2) is 9.68. The van der Waals surface area contributed by atoms with Gasteiger partial charge in [-0.15, -0.1) is 0 Å². The van der Waals surface area contributed by atoms with Gasteiger partial charge in [0.25, 0.3) is 0 Å². The van der Waals surface area contributed by atoms with E-state index in [1.165, 1.54) is 5.56 Å². The highest BCUT2D eigenvalue weighted by Gasteiger charge is 2.41. The van der Waals surface area contributed by atoms with Crippen molar-refractivity contribution in [2.24, 2.45) is 11.0 Å². The number of aryl methyl sites for hydroxylation is 1. The number of ether oxygens (including phenoxy) is 2. The molecular formula is C28H25F3N2O3. The molecule has 0 unspecified atom stereocenters. The van der Waals surface area contributed by atoms with Crippen LogP contribution in [0.4, 0.5) is 13.2 Å². The molecule has 5 nitrogen and oxygen atoms in total. The van der Waals surface area contributed by atoms with Gasteiger partial charge in [0, 0.05) is 11.5 Å². The highest BCUT2D eigenvalue weighted by atomic mass is 19.4. The number of hydrogen-bond acceptors (Lipinski definition) is 5. The van der Waals surface area contributed by atoms with Gasteiger partial charge in [-0.25, -0.2) is 4.79 Å². The first-order valence-electron chi connectivity index (χ1n) is 11.8. The Balaban J connectivity index is 1.33. The summed E-state index contributed by atoms with van der Waals surface area (Å²) in [6.45, 7) is 0.406. The third-order valence-electron chi connectivity index (χ3n) is 6.77. The highest BCUT2D eigenvalue weighted by Crippen LogP contribution is 2.43. The molecule has 0 saturated heterocycles. The third kappa shape index (κ3) is 4.67. The smallest absolute Gasteiger partial charge is 0.416 e. The van der Waals surface area contributed by atoms with E-state index in [0.717, 1.165) is 59.7 Å². The predicted molar refractivity (Wildman–Crippen MR) is 129 cm³/mol. The number of esters is 1. The minimum absolute atomic E-state index is 0.0240. The van der Waals surface area contributed by atoms with Gasteiger partial charge in [-0.2, -0.15) is 18.3 Å². The van der Waals surface area contributed by atoms with Crippen LogP contribution in [0.2, 0.25) is 0 Å². The van der Waals surface area contributed by atoms with Crippen LogP contribution in [0.15, 0.2) is 77.9 Å². The summed E-state index contributed by atoms with van der Waals surface area (Å²) in [4.78, 5) is 12.4. The lowest BCUT2D eigenvalue weighted by atomic mass is 9.77. The van der Waals surface area contributed by atoms with Crippen LogP contribution in [-0.4, -0.2) is 37.0 Å². The highest BCUT2D eigenvalue weighted by molar-refractivity contribution is 6.05. The van der Waals surface area contributed by atoms with Crippen molar-refractivity contribution in [1.29, 1.82) is 0 Å². The van der Waals surface area contributed by atoms with Crippen LogP contribution in [-0.2, 0) is 17.3 Å². The lowest BCUT2D eigenvalue weighted by Gasteiger charge is -2.30. The van der Waals surface area contributed by atoms with Crippen molar-refractivity contribution < 1.29 is 27.4 Å². The number of carbonyl (C=O) groups excluding carboxylic acids is 1. The molecule has 0 amide bonds. The molecule has 3 aromatic carbocycles. The zero-order valence-corrected chi connectivity index (χ0v) is 19.7. The fourth-order valence-corrected chi connectivity index (χ4v) is 4.98. The van der Waals surface area contributed by atoms with Crippen molar-refractivity contribution in [1.82, 2.24) is 5.01 Å². The van der Waals surface area contributed by atoms with E-state index in [0.29, 0.717) is 6.54 Å². The lowest BCUT2D eigenvalue weighted by Crippen LogP contribution is -2.30. The summed E-state index contributed by atoms with van der Waals surface area (Å²) < 4.78 is 49.1. The molecule has 0 fully saturated rings. The Hall–Kier alpha value is -3.81. The zero-order chi connectivity index (χ0) is 25.3. The monoisotopic (exact) mass is 494 g/mol. The number of hydrogen-bond donors (Lipinski definition) is 0. The number of methoxy groups -OCH3 is 1. The van der Waals surface area contributed by atoms with E-state index in [1.807, 2.05) is 41.4 Å². The van der Waals surface area contributed by atoms with Gasteiger partial charge < -0.3 is 9.47 Å². The first kappa shape index (κ1) is 23.9. The van der Waals surface area contributed by atoms with E-state index in [1.54, 1.807) is 7.11 Å². The van der Waals surface area contributed by atoms with Gasteiger partial charge in [0.15, 0.2) is 0 Å². The maximum atomic E-state index is 12.8. The van der Waals surface area contributed by atoms with Crippen LogP contribution < -0.4 is 4.74 Å². The molecule has 0 saturated carbocycles. The SMILES string of the molecule is COc1ccc([C@H]2[C@@H]3CCc4ccccc4C3=NN2CCOC(=O)c2ccc(C(F)(F)F)cc2)cc1. The summed E-state index contributed by atoms with van der Waals surface area (Å²) in [6.07, 6.45) is -2.54. The van der Waals surface area contributed by atoms with Gasteiger partial charge >= 0.3 is 12.1 Å². The third-order valence-corrected chi connectivity index (χ3v) is 6.77. The normalized spacial score (nSPS) is 18.8. The van der Waals surface area contributed by atoms with E-state index >= 15 is 0 Å². The molecule has 8 heteroatoms. The first-order chi connectivity index (χ1) is 17.3. The molecule has 1 aliphatic heterocycles. The van der Waals surface area contributed by atoms with Crippen LogP contribution in [0.1, 0.15) is 45.1 Å². The molecule has 5 rings (SSSR count). The fraction of sp³-hybridized carbons (Fsp3) is 0.286. The van der Waals surface area contributed by atoms with Gasteiger partial charge in [0.05, 0.1) is 36.5 Å². The van der Waals surface area contributed by atoms with Gasteiger partial charge in [0.1, 0.15) is 12.4 Å². The molecular weight excluding hydrogens is 469 g/mol. The Morgan fingerprint density at radius 3 is 2.44 bits per heavy atom. The van der Waals surface area contributed by atoms with Crippen LogP contribution in [0, 0.1) is 5.92 Å². The maximum Gasteiger partial charge on any atom is 0.416 e. The molecule has 36 heavy (non-hydrogen) atoms. The number of benzene rings is 3. The molecule has 3 aromatic rings. The number of fused-ring (bicyclic) bond motifs is 3. The number of carbonyl (C=O) groups is 1. The summed E-state index contributed by atoms with van der Waals surface area (Å²) in [5, 5.41) is 6.92. The topological polar surface area (TPSA) is 51.1 Å². The average molecular weight is 495 g/mol. The maximum absolute atomic E-state index is 12.8. The Bertz CT molecular complexity index is 1270. The largest absolute Gasteiger partial charge is 0.497 e. The minimum Gasteiger partial charge on any atom is -0.497 e. The average Bonchev–Trinajstić information content (AvgIpc) is 3.27. The molecule has 2 atom stereocenters. The molecule has 186 valence electrons. The summed E-state index contributed by atoms with van der Waals surface area (Å²) in [5.74, 6) is 0.294. The number of nitrogens with zero attached hydrogens (tertiary/aromatic N) is 2. The first-order valence-corrected chi connectivity index (χ1v) is 11.8. The van der Waals surface area contributed by atoms with E-state index in [9.17, 15) is 18.0 Å². The van der Waals surface area contributed by atoms with Crippen molar-refractivity contribution in [3.8, 4) is 5.75 Å². The van der Waals surface area contributed by atoms with Crippen molar-refractivity contribution in [2.75, 3.05) is 20.3 Å². The minimum atomic E-state index is -4.46.